The molecule has 3 rings (SSSR count). The van der Waals surface area contributed by atoms with E-state index in [0.717, 1.165) is 52.1 Å². The minimum absolute atomic E-state index is 0.205. The van der Waals surface area contributed by atoms with Crippen LogP contribution in [0.3, 0.4) is 0 Å². The van der Waals surface area contributed by atoms with Gasteiger partial charge in [0.15, 0.2) is 0 Å². The highest BCUT2D eigenvalue weighted by Crippen LogP contribution is 2.25. The summed E-state index contributed by atoms with van der Waals surface area (Å²) >= 11 is 5.83. The summed E-state index contributed by atoms with van der Waals surface area (Å²) in [6, 6.07) is 5.35. The minimum atomic E-state index is -0.260. The molecule has 0 unspecified atom stereocenters. The number of halogens is 2. The molecule has 1 aromatic rings. The molecule has 2 heterocycles. The van der Waals surface area contributed by atoms with Crippen LogP contribution in [0.2, 0.25) is 5.02 Å². The van der Waals surface area contributed by atoms with Gasteiger partial charge in [-0.2, -0.15) is 0 Å². The molecule has 0 N–H and O–H groups in total. The second kappa shape index (κ2) is 8.23. The monoisotopic (exact) mass is 369 g/mol. The van der Waals surface area contributed by atoms with Crippen molar-refractivity contribution < 1.29 is 13.9 Å². The maximum Gasteiger partial charge on any atom is 0.409 e. The van der Waals surface area contributed by atoms with Crippen molar-refractivity contribution in [2.75, 3.05) is 50.8 Å². The lowest BCUT2D eigenvalue weighted by atomic mass is 10.0. The molecular formula is C18H25ClFN3O2. The highest BCUT2D eigenvalue weighted by molar-refractivity contribution is 6.30. The van der Waals surface area contributed by atoms with Crippen molar-refractivity contribution in [3.05, 3.63) is 29.0 Å². The van der Waals surface area contributed by atoms with Crippen molar-refractivity contribution in [1.82, 2.24) is 9.80 Å². The van der Waals surface area contributed by atoms with Crippen LogP contribution in [0.15, 0.2) is 18.2 Å². The highest BCUT2D eigenvalue weighted by Gasteiger charge is 2.30. The number of nitrogens with zero attached hydrogens (tertiary/aromatic N) is 3. The second-order valence-electron chi connectivity index (χ2n) is 6.54. The predicted octanol–water partition coefficient (Wildman–Crippen LogP) is 3.22. The normalized spacial score (nSPS) is 20.0. The molecule has 2 fully saturated rings. The molecule has 138 valence electrons. The maximum absolute atomic E-state index is 14.1. The fraction of sp³-hybridized carbons (Fsp3) is 0.611. The van der Waals surface area contributed by atoms with Crippen molar-refractivity contribution in [3.8, 4) is 0 Å². The largest absolute Gasteiger partial charge is 0.450 e. The lowest BCUT2D eigenvalue weighted by molar-refractivity contribution is 0.0729. The molecule has 0 atom stereocenters. The number of benzene rings is 1. The van der Waals surface area contributed by atoms with E-state index in [0.29, 0.717) is 23.4 Å². The first kappa shape index (κ1) is 18.3. The van der Waals surface area contributed by atoms with Crippen LogP contribution in [0.5, 0.6) is 0 Å². The molecule has 1 aromatic carbocycles. The topological polar surface area (TPSA) is 36.0 Å². The number of amides is 1. The predicted molar refractivity (Wildman–Crippen MR) is 96.8 cm³/mol. The van der Waals surface area contributed by atoms with Gasteiger partial charge in [0.2, 0.25) is 0 Å². The summed E-state index contributed by atoms with van der Waals surface area (Å²) in [6.07, 6.45) is 1.73. The third-order valence-electron chi connectivity index (χ3n) is 5.07. The fourth-order valence-electron chi connectivity index (χ4n) is 3.69. The van der Waals surface area contributed by atoms with Gasteiger partial charge < -0.3 is 14.5 Å². The molecule has 5 nitrogen and oxygen atoms in total. The minimum Gasteiger partial charge on any atom is -0.450 e. The smallest absolute Gasteiger partial charge is 0.409 e. The Morgan fingerprint density at radius 2 is 1.88 bits per heavy atom. The van der Waals surface area contributed by atoms with Gasteiger partial charge in [-0.15, -0.1) is 0 Å². The summed E-state index contributed by atoms with van der Waals surface area (Å²) in [6.45, 7) is 7.16. The zero-order chi connectivity index (χ0) is 17.8. The Kier molecular flexibility index (Phi) is 6.02. The number of hydrogen-bond acceptors (Lipinski definition) is 4. The number of piperidine rings is 1. The standard InChI is InChI=1S/C18H25ClFN3O2/c1-2-25-18(24)23-7-5-15(6-8-23)21-9-11-22(12-10-21)17-4-3-14(19)13-16(17)20/h3-4,13,15H,2,5-12H2,1H3. The van der Waals surface area contributed by atoms with Crippen LogP contribution in [-0.2, 0) is 4.74 Å². The van der Waals surface area contributed by atoms with Crippen LogP contribution in [0, 0.1) is 5.82 Å². The van der Waals surface area contributed by atoms with Crippen LogP contribution >= 0.6 is 11.6 Å². The van der Waals surface area contributed by atoms with E-state index in [-0.39, 0.29) is 11.9 Å². The second-order valence-corrected chi connectivity index (χ2v) is 6.97. The van der Waals surface area contributed by atoms with Gasteiger partial charge in [0.1, 0.15) is 5.82 Å². The summed E-state index contributed by atoms with van der Waals surface area (Å²) < 4.78 is 19.1. The molecule has 0 aliphatic carbocycles. The van der Waals surface area contributed by atoms with E-state index in [9.17, 15) is 9.18 Å². The zero-order valence-electron chi connectivity index (χ0n) is 14.6. The van der Waals surface area contributed by atoms with Crippen molar-refractivity contribution in [2.45, 2.75) is 25.8 Å². The van der Waals surface area contributed by atoms with Gasteiger partial charge in [0.25, 0.3) is 0 Å². The molecule has 0 saturated carbocycles. The average Bonchev–Trinajstić information content (AvgIpc) is 2.62. The SMILES string of the molecule is CCOC(=O)N1CCC(N2CCN(c3ccc(Cl)cc3F)CC2)CC1. The summed E-state index contributed by atoms with van der Waals surface area (Å²) in [5.74, 6) is -0.260. The summed E-state index contributed by atoms with van der Waals surface area (Å²) in [4.78, 5) is 18.1. The van der Waals surface area contributed by atoms with Gasteiger partial charge in [-0.25, -0.2) is 9.18 Å². The number of ether oxygens (including phenoxy) is 1. The van der Waals surface area contributed by atoms with Crippen molar-refractivity contribution in [1.29, 1.82) is 0 Å². The van der Waals surface area contributed by atoms with Crippen LogP contribution < -0.4 is 4.90 Å². The van der Waals surface area contributed by atoms with E-state index >= 15 is 0 Å². The molecular weight excluding hydrogens is 345 g/mol. The van der Waals surface area contributed by atoms with Crippen LogP contribution in [0.1, 0.15) is 19.8 Å². The van der Waals surface area contributed by atoms with Crippen molar-refractivity contribution in [2.24, 2.45) is 0 Å². The lowest BCUT2D eigenvalue weighted by Gasteiger charge is -2.43. The third-order valence-corrected chi connectivity index (χ3v) is 5.31. The highest BCUT2D eigenvalue weighted by atomic mass is 35.5. The first-order valence-corrected chi connectivity index (χ1v) is 9.32. The Labute approximate surface area is 153 Å². The van der Waals surface area contributed by atoms with E-state index in [2.05, 4.69) is 9.80 Å². The molecule has 0 aromatic heterocycles. The summed E-state index contributed by atoms with van der Waals surface area (Å²) in [5, 5.41) is 0.424. The maximum atomic E-state index is 14.1. The Balaban J connectivity index is 1.49. The Bertz CT molecular complexity index is 600. The van der Waals surface area contributed by atoms with Gasteiger partial charge in [-0.1, -0.05) is 11.6 Å². The molecule has 1 amide bonds. The van der Waals surface area contributed by atoms with Gasteiger partial charge in [-0.3, -0.25) is 4.90 Å². The molecule has 2 saturated heterocycles. The third kappa shape index (κ3) is 4.36. The number of rotatable bonds is 3. The Hall–Kier alpha value is -1.53. The number of likely N-dealkylation sites (tertiary alicyclic amines) is 1. The molecule has 2 aliphatic rings. The van der Waals surface area contributed by atoms with E-state index in [1.807, 2.05) is 6.92 Å². The molecule has 25 heavy (non-hydrogen) atoms. The van der Waals surface area contributed by atoms with E-state index in [1.54, 1.807) is 17.0 Å². The molecule has 7 heteroatoms. The van der Waals surface area contributed by atoms with Crippen LogP contribution in [0.25, 0.3) is 0 Å². The van der Waals surface area contributed by atoms with Gasteiger partial charge in [0.05, 0.1) is 12.3 Å². The van der Waals surface area contributed by atoms with Crippen molar-refractivity contribution >= 4 is 23.4 Å². The quantitative estimate of drug-likeness (QED) is 0.819. The summed E-state index contributed by atoms with van der Waals surface area (Å²) in [7, 11) is 0. The number of carbonyl (C=O) groups is 1. The zero-order valence-corrected chi connectivity index (χ0v) is 15.3. The van der Waals surface area contributed by atoms with E-state index in [4.69, 9.17) is 16.3 Å². The number of carbonyl (C=O) groups excluding carboxylic acids is 1. The van der Waals surface area contributed by atoms with E-state index in [1.165, 1.54) is 6.07 Å². The number of anilines is 1. The molecule has 0 spiro atoms. The Morgan fingerprint density at radius 1 is 1.20 bits per heavy atom. The lowest BCUT2D eigenvalue weighted by Crippen LogP contribution is -2.54. The Morgan fingerprint density at radius 3 is 2.48 bits per heavy atom. The first-order chi connectivity index (χ1) is 12.1. The average molecular weight is 370 g/mol. The number of hydrogen-bond donors (Lipinski definition) is 0. The van der Waals surface area contributed by atoms with Crippen LogP contribution in [0.4, 0.5) is 14.9 Å². The molecule has 0 bridgehead atoms. The first-order valence-electron chi connectivity index (χ1n) is 8.94. The fourth-order valence-corrected chi connectivity index (χ4v) is 3.85. The molecule has 2 aliphatic heterocycles. The number of piperazine rings is 1. The van der Waals surface area contributed by atoms with Gasteiger partial charge in [0, 0.05) is 50.3 Å². The van der Waals surface area contributed by atoms with Gasteiger partial charge in [-0.05, 0) is 38.0 Å². The molecule has 0 radical (unpaired) electrons. The van der Waals surface area contributed by atoms with Crippen LogP contribution in [-0.4, -0.2) is 67.8 Å². The van der Waals surface area contributed by atoms with Crippen molar-refractivity contribution in [3.63, 3.8) is 0 Å². The van der Waals surface area contributed by atoms with Gasteiger partial charge >= 0.3 is 6.09 Å². The summed E-state index contributed by atoms with van der Waals surface area (Å²) in [5.41, 5.74) is 0.626. The van der Waals surface area contributed by atoms with E-state index < -0.39 is 0 Å².